The van der Waals surface area contributed by atoms with E-state index in [0.717, 1.165) is 12.0 Å². The van der Waals surface area contributed by atoms with Gasteiger partial charge in [0.15, 0.2) is 0 Å². The monoisotopic (exact) mass is 213 g/mol. The molecule has 0 aliphatic heterocycles. The fraction of sp³-hybridized carbons (Fsp3) is 0.364. The van der Waals surface area contributed by atoms with Crippen LogP contribution in [0.15, 0.2) is 24.3 Å². The maximum Gasteiger partial charge on any atom is 0.150 e. The minimum atomic E-state index is -0.518. The molecule has 15 heavy (non-hydrogen) atoms. The van der Waals surface area contributed by atoms with Gasteiger partial charge in [0.2, 0.25) is 0 Å². The second-order valence-corrected chi connectivity index (χ2v) is 3.07. The molecule has 0 aromatic heterocycles. The molecule has 0 radical (unpaired) electrons. The fourth-order valence-electron chi connectivity index (χ4n) is 1.34. The Labute approximate surface area is 87.5 Å². The van der Waals surface area contributed by atoms with E-state index < -0.39 is 13.3 Å². The molecule has 82 valence electrons. The normalized spacial score (nSPS) is 10.0. The highest BCUT2D eigenvalue weighted by atomic mass is 19.1. The third kappa shape index (κ3) is 3.31. The van der Waals surface area contributed by atoms with E-state index in [-0.39, 0.29) is 13.1 Å². The summed E-state index contributed by atoms with van der Waals surface area (Å²) in [5.74, 6) is 0. The standard InChI is InChI=1S/C11H13F2NO/c12-5-7-14(8-6-13)11-3-1-10(9-15)2-4-11/h1-4,9H,5-8H2. The zero-order chi connectivity index (χ0) is 11.1. The molecule has 0 N–H and O–H groups in total. The summed E-state index contributed by atoms with van der Waals surface area (Å²) in [6.07, 6.45) is 0.735. The molecule has 0 atom stereocenters. The van der Waals surface area contributed by atoms with Crippen LogP contribution in [0.25, 0.3) is 0 Å². The van der Waals surface area contributed by atoms with Crippen molar-refractivity contribution in [2.75, 3.05) is 31.3 Å². The lowest BCUT2D eigenvalue weighted by Gasteiger charge is -2.21. The molecule has 0 fully saturated rings. The van der Waals surface area contributed by atoms with Crippen LogP contribution in [0.2, 0.25) is 0 Å². The van der Waals surface area contributed by atoms with Crippen LogP contribution in [-0.2, 0) is 0 Å². The first kappa shape index (κ1) is 11.6. The Balaban J connectivity index is 2.76. The maximum absolute atomic E-state index is 12.2. The molecule has 0 aliphatic rings. The Morgan fingerprint density at radius 1 is 1.07 bits per heavy atom. The summed E-state index contributed by atoms with van der Waals surface area (Å²) in [4.78, 5) is 12.0. The molecule has 4 heteroatoms. The van der Waals surface area contributed by atoms with Crippen LogP contribution in [0, 0.1) is 0 Å². The summed E-state index contributed by atoms with van der Waals surface area (Å²) in [7, 11) is 0. The number of alkyl halides is 2. The van der Waals surface area contributed by atoms with Gasteiger partial charge < -0.3 is 4.90 Å². The number of hydrogen-bond donors (Lipinski definition) is 0. The van der Waals surface area contributed by atoms with Crippen molar-refractivity contribution in [2.45, 2.75) is 0 Å². The van der Waals surface area contributed by atoms with Crippen molar-refractivity contribution in [3.8, 4) is 0 Å². The summed E-state index contributed by atoms with van der Waals surface area (Å²) in [6, 6.07) is 6.64. The average Bonchev–Trinajstić information content (AvgIpc) is 2.29. The van der Waals surface area contributed by atoms with Gasteiger partial charge >= 0.3 is 0 Å². The number of aldehydes is 1. The summed E-state index contributed by atoms with van der Waals surface area (Å²) in [6.45, 7) is -0.695. The smallest absolute Gasteiger partial charge is 0.150 e. The number of anilines is 1. The summed E-state index contributed by atoms with van der Waals surface area (Å²) in [5.41, 5.74) is 1.29. The van der Waals surface area contributed by atoms with Crippen LogP contribution in [0.5, 0.6) is 0 Å². The zero-order valence-electron chi connectivity index (χ0n) is 8.33. The van der Waals surface area contributed by atoms with E-state index in [1.54, 1.807) is 29.2 Å². The van der Waals surface area contributed by atoms with Crippen LogP contribution in [0.3, 0.4) is 0 Å². The molecule has 0 heterocycles. The van der Waals surface area contributed by atoms with Crippen LogP contribution in [-0.4, -0.2) is 32.7 Å². The van der Waals surface area contributed by atoms with Crippen LogP contribution < -0.4 is 4.90 Å². The lowest BCUT2D eigenvalue weighted by atomic mass is 10.2. The number of carbonyl (C=O) groups is 1. The second kappa shape index (κ2) is 6.11. The van der Waals surface area contributed by atoms with Crippen molar-refractivity contribution in [3.63, 3.8) is 0 Å². The van der Waals surface area contributed by atoms with Crippen LogP contribution in [0.4, 0.5) is 14.5 Å². The highest BCUT2D eigenvalue weighted by molar-refractivity contribution is 5.75. The Morgan fingerprint density at radius 3 is 2.00 bits per heavy atom. The molecular weight excluding hydrogens is 200 g/mol. The Hall–Kier alpha value is -1.45. The first-order valence-corrected chi connectivity index (χ1v) is 4.74. The number of carbonyl (C=O) groups excluding carboxylic acids is 1. The predicted octanol–water partition coefficient (Wildman–Crippen LogP) is 2.24. The number of benzene rings is 1. The van der Waals surface area contributed by atoms with Gasteiger partial charge in [-0.2, -0.15) is 0 Å². The van der Waals surface area contributed by atoms with Gasteiger partial charge in [0.1, 0.15) is 19.6 Å². The third-order valence-electron chi connectivity index (χ3n) is 2.10. The third-order valence-corrected chi connectivity index (χ3v) is 2.10. The average molecular weight is 213 g/mol. The molecule has 0 bridgehead atoms. The molecule has 1 aromatic carbocycles. The molecule has 0 saturated heterocycles. The van der Waals surface area contributed by atoms with Crippen molar-refractivity contribution < 1.29 is 13.6 Å². The second-order valence-electron chi connectivity index (χ2n) is 3.07. The lowest BCUT2D eigenvalue weighted by Crippen LogP contribution is -2.27. The maximum atomic E-state index is 12.2. The van der Waals surface area contributed by atoms with Gasteiger partial charge in [0.05, 0.1) is 0 Å². The van der Waals surface area contributed by atoms with E-state index in [4.69, 9.17) is 0 Å². The van der Waals surface area contributed by atoms with Crippen molar-refractivity contribution >= 4 is 12.0 Å². The van der Waals surface area contributed by atoms with E-state index in [0.29, 0.717) is 5.56 Å². The van der Waals surface area contributed by atoms with Gasteiger partial charge in [-0.3, -0.25) is 4.79 Å². The van der Waals surface area contributed by atoms with Gasteiger partial charge in [-0.05, 0) is 24.3 Å². The number of hydrogen-bond acceptors (Lipinski definition) is 2. The molecule has 0 saturated carbocycles. The van der Waals surface area contributed by atoms with Gasteiger partial charge in [-0.25, -0.2) is 8.78 Å². The SMILES string of the molecule is O=Cc1ccc(N(CCF)CCF)cc1. The summed E-state index contributed by atoms with van der Waals surface area (Å²) >= 11 is 0. The molecule has 0 unspecified atom stereocenters. The molecule has 0 aliphatic carbocycles. The molecule has 0 spiro atoms. The van der Waals surface area contributed by atoms with Crippen LogP contribution >= 0.6 is 0 Å². The number of nitrogens with zero attached hydrogens (tertiary/aromatic N) is 1. The number of rotatable bonds is 6. The van der Waals surface area contributed by atoms with Crippen molar-refractivity contribution in [2.24, 2.45) is 0 Å². The summed E-state index contributed by atoms with van der Waals surface area (Å²) < 4.78 is 24.4. The quantitative estimate of drug-likeness (QED) is 0.675. The Bertz CT molecular complexity index is 294. The van der Waals surface area contributed by atoms with Gasteiger partial charge in [0, 0.05) is 24.3 Å². The topological polar surface area (TPSA) is 20.3 Å². The Morgan fingerprint density at radius 2 is 1.60 bits per heavy atom. The molecule has 0 amide bonds. The van der Waals surface area contributed by atoms with Gasteiger partial charge in [-0.15, -0.1) is 0 Å². The highest BCUT2D eigenvalue weighted by Gasteiger charge is 2.05. The van der Waals surface area contributed by atoms with E-state index in [1.807, 2.05) is 0 Å². The molecule has 1 rings (SSSR count). The van der Waals surface area contributed by atoms with E-state index in [2.05, 4.69) is 0 Å². The van der Waals surface area contributed by atoms with E-state index >= 15 is 0 Å². The lowest BCUT2D eigenvalue weighted by molar-refractivity contribution is 0.112. The van der Waals surface area contributed by atoms with E-state index in [1.165, 1.54) is 0 Å². The first-order chi connectivity index (χ1) is 7.31. The van der Waals surface area contributed by atoms with Gasteiger partial charge in [-0.1, -0.05) is 0 Å². The minimum Gasteiger partial charge on any atom is -0.366 e. The van der Waals surface area contributed by atoms with E-state index in [9.17, 15) is 13.6 Å². The van der Waals surface area contributed by atoms with Gasteiger partial charge in [0.25, 0.3) is 0 Å². The Kier molecular flexibility index (Phi) is 4.74. The van der Waals surface area contributed by atoms with Crippen molar-refractivity contribution in [1.82, 2.24) is 0 Å². The highest BCUT2D eigenvalue weighted by Crippen LogP contribution is 2.14. The minimum absolute atomic E-state index is 0.171. The fourth-order valence-corrected chi connectivity index (χ4v) is 1.34. The summed E-state index contributed by atoms with van der Waals surface area (Å²) in [5, 5.41) is 0. The van der Waals surface area contributed by atoms with Crippen molar-refractivity contribution in [3.05, 3.63) is 29.8 Å². The molecular formula is C11H13F2NO. The largest absolute Gasteiger partial charge is 0.366 e. The predicted molar refractivity (Wildman–Crippen MR) is 56.0 cm³/mol. The zero-order valence-corrected chi connectivity index (χ0v) is 8.33. The first-order valence-electron chi connectivity index (χ1n) is 4.74. The molecule has 2 nitrogen and oxygen atoms in total. The van der Waals surface area contributed by atoms with Crippen molar-refractivity contribution in [1.29, 1.82) is 0 Å². The van der Waals surface area contributed by atoms with Crippen LogP contribution in [0.1, 0.15) is 10.4 Å². The number of halogens is 2. The molecule has 1 aromatic rings.